The van der Waals surface area contributed by atoms with Crippen molar-refractivity contribution in [3.63, 3.8) is 0 Å². The van der Waals surface area contributed by atoms with E-state index >= 15 is 0 Å². The van der Waals surface area contributed by atoms with Crippen LogP contribution in [0.4, 0.5) is 5.69 Å². The molecule has 0 spiro atoms. The van der Waals surface area contributed by atoms with Gasteiger partial charge in [0.15, 0.2) is 0 Å². The largest absolute Gasteiger partial charge is 0.497 e. The zero-order valence-corrected chi connectivity index (χ0v) is 15.8. The van der Waals surface area contributed by atoms with Crippen molar-refractivity contribution in [1.29, 1.82) is 0 Å². The third-order valence-electron chi connectivity index (χ3n) is 3.73. The number of methoxy groups -OCH3 is 2. The number of para-hydroxylation sites is 1. The van der Waals surface area contributed by atoms with Gasteiger partial charge in [0.2, 0.25) is 5.91 Å². The lowest BCUT2D eigenvalue weighted by Crippen LogP contribution is -2.13. The van der Waals surface area contributed by atoms with Gasteiger partial charge in [-0.2, -0.15) is 0 Å². The number of carbonyl (C=O) groups is 1. The Morgan fingerprint density at radius 2 is 1.81 bits per heavy atom. The molecule has 6 nitrogen and oxygen atoms in total. The van der Waals surface area contributed by atoms with E-state index in [1.54, 1.807) is 20.3 Å². The normalized spacial score (nSPS) is 10.3. The Kier molecular flexibility index (Phi) is 6.27. The summed E-state index contributed by atoms with van der Waals surface area (Å²) in [5.41, 5.74) is 2.29. The quantitative estimate of drug-likeness (QED) is 0.626. The molecule has 3 aromatic rings. The summed E-state index contributed by atoms with van der Waals surface area (Å²) in [4.78, 5) is 12.0. The van der Waals surface area contributed by atoms with Crippen molar-refractivity contribution in [3.8, 4) is 22.8 Å². The fraction of sp³-hybridized carbons (Fsp3) is 0.150. The molecule has 1 heterocycles. The molecule has 0 fully saturated rings. The number of aromatic nitrogens is 2. The number of nitrogens with one attached hydrogen (secondary N) is 1. The fourth-order valence-electron chi connectivity index (χ4n) is 2.41. The summed E-state index contributed by atoms with van der Waals surface area (Å²) in [6.45, 7) is 0. The van der Waals surface area contributed by atoms with E-state index in [0.717, 1.165) is 11.3 Å². The standard InChI is InChI=1S/C20H19N3O3S/c1-25-15-8-9-16(18(12-15)26-2)17-10-11-20(23-22-17)27-13-19(24)21-14-6-4-3-5-7-14/h3-12H,13H2,1-2H3,(H,21,24). The van der Waals surface area contributed by atoms with Gasteiger partial charge in [0, 0.05) is 17.3 Å². The number of carbonyl (C=O) groups excluding carboxylic acids is 1. The fourth-order valence-corrected chi connectivity index (χ4v) is 3.02. The number of hydrogen-bond acceptors (Lipinski definition) is 6. The van der Waals surface area contributed by atoms with E-state index in [-0.39, 0.29) is 11.7 Å². The topological polar surface area (TPSA) is 73.3 Å². The highest BCUT2D eigenvalue weighted by atomic mass is 32.2. The van der Waals surface area contributed by atoms with Gasteiger partial charge < -0.3 is 14.8 Å². The number of rotatable bonds is 7. The van der Waals surface area contributed by atoms with Crippen LogP contribution in [-0.4, -0.2) is 36.1 Å². The second-order valence-corrected chi connectivity index (χ2v) is 6.52. The molecule has 138 valence electrons. The van der Waals surface area contributed by atoms with E-state index in [1.165, 1.54) is 11.8 Å². The highest BCUT2D eigenvalue weighted by Crippen LogP contribution is 2.32. The van der Waals surface area contributed by atoms with Crippen LogP contribution in [-0.2, 0) is 4.79 Å². The van der Waals surface area contributed by atoms with Crippen LogP contribution < -0.4 is 14.8 Å². The summed E-state index contributed by atoms with van der Waals surface area (Å²) in [6.07, 6.45) is 0. The molecule has 3 rings (SSSR count). The van der Waals surface area contributed by atoms with Crippen LogP contribution >= 0.6 is 11.8 Å². The third-order valence-corrected chi connectivity index (χ3v) is 4.65. The minimum atomic E-state index is -0.0890. The summed E-state index contributed by atoms with van der Waals surface area (Å²) in [6, 6.07) is 18.6. The van der Waals surface area contributed by atoms with Crippen molar-refractivity contribution in [3.05, 3.63) is 60.7 Å². The predicted molar refractivity (Wildman–Crippen MR) is 106 cm³/mol. The smallest absolute Gasteiger partial charge is 0.234 e. The molecule has 0 atom stereocenters. The van der Waals surface area contributed by atoms with E-state index < -0.39 is 0 Å². The van der Waals surface area contributed by atoms with Crippen LogP contribution in [0.5, 0.6) is 11.5 Å². The van der Waals surface area contributed by atoms with Crippen molar-refractivity contribution in [1.82, 2.24) is 10.2 Å². The Balaban J connectivity index is 1.63. The first kappa shape index (κ1) is 18.7. The van der Waals surface area contributed by atoms with Gasteiger partial charge in [-0.1, -0.05) is 30.0 Å². The van der Waals surface area contributed by atoms with Crippen LogP contribution in [0.25, 0.3) is 11.3 Å². The number of benzene rings is 2. The first-order valence-electron chi connectivity index (χ1n) is 8.23. The molecule has 2 aromatic carbocycles. The minimum absolute atomic E-state index is 0.0890. The van der Waals surface area contributed by atoms with E-state index in [0.29, 0.717) is 22.2 Å². The molecular weight excluding hydrogens is 362 g/mol. The number of thioether (sulfide) groups is 1. The molecule has 0 aliphatic rings. The number of ether oxygens (including phenoxy) is 2. The van der Waals surface area contributed by atoms with Gasteiger partial charge in [0.05, 0.1) is 25.7 Å². The molecule has 1 aromatic heterocycles. The van der Waals surface area contributed by atoms with E-state index in [9.17, 15) is 4.79 Å². The first-order valence-corrected chi connectivity index (χ1v) is 9.22. The van der Waals surface area contributed by atoms with E-state index in [2.05, 4.69) is 15.5 Å². The average Bonchev–Trinajstić information content (AvgIpc) is 2.73. The zero-order valence-electron chi connectivity index (χ0n) is 15.0. The van der Waals surface area contributed by atoms with Gasteiger partial charge in [-0.15, -0.1) is 10.2 Å². The molecule has 27 heavy (non-hydrogen) atoms. The second-order valence-electron chi connectivity index (χ2n) is 5.53. The number of nitrogens with zero attached hydrogens (tertiary/aromatic N) is 2. The highest BCUT2D eigenvalue weighted by molar-refractivity contribution is 7.99. The molecule has 0 unspecified atom stereocenters. The summed E-state index contributed by atoms with van der Waals surface area (Å²) >= 11 is 1.33. The van der Waals surface area contributed by atoms with Gasteiger partial charge in [-0.3, -0.25) is 4.79 Å². The van der Waals surface area contributed by atoms with Gasteiger partial charge in [-0.05, 0) is 36.4 Å². The Labute approximate surface area is 161 Å². The maximum atomic E-state index is 12.0. The maximum absolute atomic E-state index is 12.0. The van der Waals surface area contributed by atoms with Crippen LogP contribution in [0.1, 0.15) is 0 Å². The number of hydrogen-bond donors (Lipinski definition) is 1. The van der Waals surface area contributed by atoms with E-state index in [4.69, 9.17) is 9.47 Å². The van der Waals surface area contributed by atoms with Crippen LogP contribution in [0.2, 0.25) is 0 Å². The lowest BCUT2D eigenvalue weighted by molar-refractivity contribution is -0.113. The maximum Gasteiger partial charge on any atom is 0.234 e. The lowest BCUT2D eigenvalue weighted by atomic mass is 10.1. The van der Waals surface area contributed by atoms with Crippen LogP contribution in [0, 0.1) is 0 Å². The highest BCUT2D eigenvalue weighted by Gasteiger charge is 2.10. The van der Waals surface area contributed by atoms with E-state index in [1.807, 2.05) is 54.6 Å². The Hall–Kier alpha value is -3.06. The minimum Gasteiger partial charge on any atom is -0.497 e. The zero-order chi connectivity index (χ0) is 19.1. The number of amides is 1. The second kappa shape index (κ2) is 9.05. The van der Waals surface area contributed by atoms with Gasteiger partial charge >= 0.3 is 0 Å². The van der Waals surface area contributed by atoms with Gasteiger partial charge in [0.1, 0.15) is 16.5 Å². The molecule has 0 aliphatic heterocycles. The molecular formula is C20H19N3O3S. The molecule has 7 heteroatoms. The average molecular weight is 381 g/mol. The van der Waals surface area contributed by atoms with Gasteiger partial charge in [-0.25, -0.2) is 0 Å². The number of anilines is 1. The molecule has 0 saturated heterocycles. The van der Waals surface area contributed by atoms with Gasteiger partial charge in [0.25, 0.3) is 0 Å². The lowest BCUT2D eigenvalue weighted by Gasteiger charge is -2.10. The summed E-state index contributed by atoms with van der Waals surface area (Å²) in [5, 5.41) is 12.0. The molecule has 1 N–H and O–H groups in total. The van der Waals surface area contributed by atoms with Crippen LogP contribution in [0.3, 0.4) is 0 Å². The van der Waals surface area contributed by atoms with Crippen molar-refractivity contribution in [2.24, 2.45) is 0 Å². The Bertz CT molecular complexity index is 902. The van der Waals surface area contributed by atoms with Crippen molar-refractivity contribution >= 4 is 23.4 Å². The molecule has 1 amide bonds. The van der Waals surface area contributed by atoms with Crippen molar-refractivity contribution in [2.45, 2.75) is 5.03 Å². The Morgan fingerprint density at radius 1 is 1.00 bits per heavy atom. The Morgan fingerprint density at radius 3 is 2.48 bits per heavy atom. The molecule has 0 bridgehead atoms. The summed E-state index contributed by atoms with van der Waals surface area (Å²) in [5.74, 6) is 1.54. The molecule has 0 radical (unpaired) electrons. The van der Waals surface area contributed by atoms with Crippen LogP contribution in [0.15, 0.2) is 65.7 Å². The third kappa shape index (κ3) is 4.98. The monoisotopic (exact) mass is 381 g/mol. The molecule has 0 aliphatic carbocycles. The first-order chi connectivity index (χ1) is 13.2. The van der Waals surface area contributed by atoms with Crippen molar-refractivity contribution < 1.29 is 14.3 Å². The molecule has 0 saturated carbocycles. The SMILES string of the molecule is COc1ccc(-c2ccc(SCC(=O)Nc3ccccc3)nn2)c(OC)c1. The summed E-state index contributed by atoms with van der Waals surface area (Å²) < 4.78 is 10.6. The predicted octanol–water partition coefficient (Wildman–Crippen LogP) is 3.89. The van der Waals surface area contributed by atoms with Crippen molar-refractivity contribution in [2.75, 3.05) is 25.3 Å². The summed E-state index contributed by atoms with van der Waals surface area (Å²) in [7, 11) is 3.20.